The van der Waals surface area contributed by atoms with Gasteiger partial charge in [-0.25, -0.2) is 4.39 Å². The van der Waals surface area contributed by atoms with E-state index in [0.29, 0.717) is 23.8 Å². The van der Waals surface area contributed by atoms with E-state index in [0.717, 1.165) is 24.9 Å². The predicted octanol–water partition coefficient (Wildman–Crippen LogP) is 3.50. The van der Waals surface area contributed by atoms with E-state index in [4.69, 9.17) is 0 Å². The summed E-state index contributed by atoms with van der Waals surface area (Å²) in [4.78, 5) is 24.5. The summed E-state index contributed by atoms with van der Waals surface area (Å²) in [6.07, 6.45) is 1.72. The molecule has 3 rings (SSSR count). The van der Waals surface area contributed by atoms with Crippen molar-refractivity contribution in [3.8, 4) is 0 Å². The molecule has 1 saturated heterocycles. The average molecular weight is 406 g/mol. The molecule has 2 atom stereocenters. The summed E-state index contributed by atoms with van der Waals surface area (Å²) < 4.78 is 12.9. The lowest BCUT2D eigenvalue weighted by Crippen LogP contribution is -2.42. The van der Waals surface area contributed by atoms with E-state index >= 15 is 0 Å². The maximum atomic E-state index is 12.9. The molecule has 0 spiro atoms. The Bertz CT molecular complexity index is 796. The van der Waals surface area contributed by atoms with Crippen molar-refractivity contribution in [3.63, 3.8) is 0 Å². The van der Waals surface area contributed by atoms with Crippen molar-refractivity contribution in [3.05, 3.63) is 65.5 Å². The third kappa shape index (κ3) is 6.04. The Balaban J connectivity index is 0.00000280. The summed E-state index contributed by atoms with van der Waals surface area (Å²) in [5.74, 6) is -0.470. The summed E-state index contributed by atoms with van der Waals surface area (Å²) in [6.45, 7) is 3.41. The van der Waals surface area contributed by atoms with E-state index in [1.165, 1.54) is 24.3 Å². The van der Waals surface area contributed by atoms with E-state index in [-0.39, 0.29) is 36.0 Å². The number of carbonyl (C=O) groups is 2. The Morgan fingerprint density at radius 2 is 1.79 bits per heavy atom. The predicted molar refractivity (Wildman–Crippen MR) is 110 cm³/mol. The van der Waals surface area contributed by atoms with Crippen LogP contribution in [0.4, 0.5) is 10.1 Å². The number of benzene rings is 2. The normalized spacial score (nSPS) is 18.6. The Morgan fingerprint density at radius 3 is 2.43 bits per heavy atom. The molecular formula is C21H25ClFN3O2. The molecule has 2 aromatic carbocycles. The molecule has 3 N–H and O–H groups in total. The highest BCUT2D eigenvalue weighted by Crippen LogP contribution is 2.16. The zero-order chi connectivity index (χ0) is 19.2. The van der Waals surface area contributed by atoms with Gasteiger partial charge in [0.05, 0.1) is 0 Å². The van der Waals surface area contributed by atoms with Gasteiger partial charge in [0.2, 0.25) is 5.91 Å². The largest absolute Gasteiger partial charge is 0.352 e. The molecule has 0 aliphatic carbocycles. The molecule has 2 amide bonds. The molecule has 1 heterocycles. The van der Waals surface area contributed by atoms with Gasteiger partial charge in [-0.05, 0) is 68.3 Å². The van der Waals surface area contributed by atoms with E-state index in [1.54, 1.807) is 12.1 Å². The lowest BCUT2D eigenvalue weighted by molar-refractivity contribution is -0.126. The minimum Gasteiger partial charge on any atom is -0.352 e. The van der Waals surface area contributed by atoms with E-state index in [1.807, 2.05) is 12.1 Å². The van der Waals surface area contributed by atoms with Gasteiger partial charge in [-0.15, -0.1) is 12.4 Å². The summed E-state index contributed by atoms with van der Waals surface area (Å²) in [5.41, 5.74) is 1.97. The molecular weight excluding hydrogens is 381 g/mol. The lowest BCUT2D eigenvalue weighted by atomic mass is 9.92. The number of nitrogens with one attached hydrogen (secondary N) is 3. The Labute approximate surface area is 170 Å². The molecule has 0 unspecified atom stereocenters. The van der Waals surface area contributed by atoms with Crippen molar-refractivity contribution in [2.75, 3.05) is 11.9 Å². The molecule has 0 saturated carbocycles. The van der Waals surface area contributed by atoms with Gasteiger partial charge in [0.15, 0.2) is 0 Å². The van der Waals surface area contributed by atoms with Crippen molar-refractivity contribution < 1.29 is 14.0 Å². The number of hydrogen-bond acceptors (Lipinski definition) is 3. The summed E-state index contributed by atoms with van der Waals surface area (Å²) in [5, 5.41) is 9.04. The standard InChI is InChI=1S/C21H24FN3O2.ClH/c1-14-12-17(10-11-23-14)20(26)24-13-15-2-4-16(5-3-15)21(27)25-19-8-6-18(22)7-9-19;/h2-9,14,17,23H,10-13H2,1H3,(H,24,26)(H,25,27);1H/t14-,17-;/m0./s1. The highest BCUT2D eigenvalue weighted by atomic mass is 35.5. The molecule has 0 bridgehead atoms. The van der Waals surface area contributed by atoms with Crippen molar-refractivity contribution in [2.45, 2.75) is 32.4 Å². The van der Waals surface area contributed by atoms with Crippen molar-refractivity contribution in [1.29, 1.82) is 0 Å². The van der Waals surface area contributed by atoms with Gasteiger partial charge in [-0.3, -0.25) is 9.59 Å². The van der Waals surface area contributed by atoms with Crippen LogP contribution in [0.2, 0.25) is 0 Å². The van der Waals surface area contributed by atoms with Crippen LogP contribution in [0.15, 0.2) is 48.5 Å². The first-order valence-electron chi connectivity index (χ1n) is 9.18. The number of piperidine rings is 1. The van der Waals surface area contributed by atoms with Crippen LogP contribution in [0, 0.1) is 11.7 Å². The third-order valence-electron chi connectivity index (χ3n) is 4.78. The second-order valence-electron chi connectivity index (χ2n) is 6.95. The first kappa shape index (κ1) is 21.9. The zero-order valence-corrected chi connectivity index (χ0v) is 16.5. The van der Waals surface area contributed by atoms with Gasteiger partial charge in [-0.2, -0.15) is 0 Å². The molecule has 0 radical (unpaired) electrons. The smallest absolute Gasteiger partial charge is 0.255 e. The van der Waals surface area contributed by atoms with Gasteiger partial charge >= 0.3 is 0 Å². The van der Waals surface area contributed by atoms with Gasteiger partial charge in [0.1, 0.15) is 5.82 Å². The zero-order valence-electron chi connectivity index (χ0n) is 15.7. The topological polar surface area (TPSA) is 70.2 Å². The molecule has 5 nitrogen and oxygen atoms in total. The fourth-order valence-corrected chi connectivity index (χ4v) is 3.21. The monoisotopic (exact) mass is 405 g/mol. The van der Waals surface area contributed by atoms with Crippen LogP contribution in [0.25, 0.3) is 0 Å². The van der Waals surface area contributed by atoms with E-state index in [9.17, 15) is 14.0 Å². The van der Waals surface area contributed by atoms with E-state index < -0.39 is 0 Å². The SMILES string of the molecule is C[C@H]1C[C@@H](C(=O)NCc2ccc(C(=O)Nc3ccc(F)cc3)cc2)CCN1.Cl. The summed E-state index contributed by atoms with van der Waals surface area (Å²) in [7, 11) is 0. The van der Waals surface area contributed by atoms with Crippen molar-refractivity contribution >= 4 is 29.9 Å². The van der Waals surface area contributed by atoms with E-state index in [2.05, 4.69) is 22.9 Å². The average Bonchev–Trinajstić information content (AvgIpc) is 2.68. The molecule has 28 heavy (non-hydrogen) atoms. The maximum absolute atomic E-state index is 12.9. The van der Waals surface area contributed by atoms with Gasteiger partial charge in [0, 0.05) is 29.8 Å². The van der Waals surface area contributed by atoms with Crippen LogP contribution in [0.5, 0.6) is 0 Å². The van der Waals surface area contributed by atoms with Gasteiger partial charge in [-0.1, -0.05) is 12.1 Å². The summed E-state index contributed by atoms with van der Waals surface area (Å²) in [6, 6.07) is 13.1. The fraction of sp³-hybridized carbons (Fsp3) is 0.333. The third-order valence-corrected chi connectivity index (χ3v) is 4.78. The molecule has 1 fully saturated rings. The highest BCUT2D eigenvalue weighted by molar-refractivity contribution is 6.04. The minimum atomic E-state index is -0.349. The van der Waals surface area contributed by atoms with Crippen LogP contribution in [-0.2, 0) is 11.3 Å². The molecule has 0 aromatic heterocycles. The Hall–Kier alpha value is -2.44. The maximum Gasteiger partial charge on any atom is 0.255 e. The molecule has 2 aromatic rings. The number of carbonyl (C=O) groups excluding carboxylic acids is 2. The number of halogens is 2. The van der Waals surface area contributed by atoms with Crippen molar-refractivity contribution in [2.24, 2.45) is 5.92 Å². The first-order valence-corrected chi connectivity index (χ1v) is 9.18. The number of rotatable bonds is 5. The lowest BCUT2D eigenvalue weighted by Gasteiger charge is -2.27. The fourth-order valence-electron chi connectivity index (χ4n) is 3.21. The Kier molecular flexibility index (Phi) is 7.96. The highest BCUT2D eigenvalue weighted by Gasteiger charge is 2.24. The van der Waals surface area contributed by atoms with Crippen LogP contribution >= 0.6 is 12.4 Å². The summed E-state index contributed by atoms with van der Waals surface area (Å²) >= 11 is 0. The molecule has 7 heteroatoms. The number of anilines is 1. The van der Waals surface area contributed by atoms with Crippen LogP contribution in [-0.4, -0.2) is 24.4 Å². The second kappa shape index (κ2) is 10.2. The molecule has 150 valence electrons. The van der Waals surface area contributed by atoms with Crippen LogP contribution in [0.3, 0.4) is 0 Å². The van der Waals surface area contributed by atoms with Crippen LogP contribution in [0.1, 0.15) is 35.7 Å². The second-order valence-corrected chi connectivity index (χ2v) is 6.95. The number of hydrogen-bond donors (Lipinski definition) is 3. The van der Waals surface area contributed by atoms with Crippen molar-refractivity contribution in [1.82, 2.24) is 10.6 Å². The first-order chi connectivity index (χ1) is 13.0. The quantitative estimate of drug-likeness (QED) is 0.713. The van der Waals surface area contributed by atoms with Gasteiger partial charge in [0.25, 0.3) is 5.91 Å². The molecule has 1 aliphatic heterocycles. The Morgan fingerprint density at radius 1 is 1.11 bits per heavy atom. The molecule has 1 aliphatic rings. The number of amides is 2. The van der Waals surface area contributed by atoms with Crippen LogP contribution < -0.4 is 16.0 Å². The minimum absolute atomic E-state index is 0. The van der Waals surface area contributed by atoms with Gasteiger partial charge < -0.3 is 16.0 Å².